The van der Waals surface area contributed by atoms with Crippen LogP contribution in [0, 0.1) is 0 Å². The standard InChI is InChI=1S/C10H22N2O2/c1-4-9(5-2)12(6-7-13)8(3)10(11)14/h8-9,13H,4-7H2,1-3H3,(H2,11,14). The number of aliphatic hydroxyl groups is 1. The summed E-state index contributed by atoms with van der Waals surface area (Å²) < 4.78 is 0. The molecule has 0 heterocycles. The van der Waals surface area contributed by atoms with Crippen molar-refractivity contribution in [1.29, 1.82) is 0 Å². The number of nitrogens with zero attached hydrogens (tertiary/aromatic N) is 1. The van der Waals surface area contributed by atoms with Gasteiger partial charge in [-0.25, -0.2) is 0 Å². The Morgan fingerprint density at radius 2 is 1.93 bits per heavy atom. The number of amides is 1. The van der Waals surface area contributed by atoms with Crippen molar-refractivity contribution in [2.75, 3.05) is 13.2 Å². The third-order valence-electron chi connectivity index (χ3n) is 2.68. The van der Waals surface area contributed by atoms with E-state index in [1.54, 1.807) is 6.92 Å². The Hall–Kier alpha value is -0.610. The highest BCUT2D eigenvalue weighted by molar-refractivity contribution is 5.79. The lowest BCUT2D eigenvalue weighted by Gasteiger charge is -2.33. The van der Waals surface area contributed by atoms with E-state index in [0.29, 0.717) is 12.6 Å². The van der Waals surface area contributed by atoms with Gasteiger partial charge >= 0.3 is 0 Å². The normalized spacial score (nSPS) is 13.6. The van der Waals surface area contributed by atoms with E-state index < -0.39 is 0 Å². The van der Waals surface area contributed by atoms with E-state index in [-0.39, 0.29) is 18.6 Å². The van der Waals surface area contributed by atoms with E-state index in [4.69, 9.17) is 10.8 Å². The molecular weight excluding hydrogens is 180 g/mol. The second-order valence-electron chi connectivity index (χ2n) is 3.51. The molecule has 0 bridgehead atoms. The van der Waals surface area contributed by atoms with Crippen LogP contribution in [0.5, 0.6) is 0 Å². The molecule has 0 fully saturated rings. The number of carbonyl (C=O) groups is 1. The van der Waals surface area contributed by atoms with Gasteiger partial charge in [-0.3, -0.25) is 9.69 Å². The Bertz CT molecular complexity index is 170. The second-order valence-corrected chi connectivity index (χ2v) is 3.51. The van der Waals surface area contributed by atoms with Gasteiger partial charge in [-0.05, 0) is 19.8 Å². The summed E-state index contributed by atoms with van der Waals surface area (Å²) in [5, 5.41) is 8.91. The van der Waals surface area contributed by atoms with Crippen molar-refractivity contribution in [2.45, 2.75) is 45.7 Å². The van der Waals surface area contributed by atoms with Crippen LogP contribution in [-0.4, -0.2) is 41.1 Å². The molecule has 4 heteroatoms. The number of hydrogen-bond acceptors (Lipinski definition) is 3. The molecule has 0 aromatic carbocycles. The van der Waals surface area contributed by atoms with Gasteiger partial charge in [0.25, 0.3) is 0 Å². The average Bonchev–Trinajstić information content (AvgIpc) is 2.17. The van der Waals surface area contributed by atoms with Crippen LogP contribution in [0.4, 0.5) is 0 Å². The third-order valence-corrected chi connectivity index (χ3v) is 2.68. The van der Waals surface area contributed by atoms with Gasteiger partial charge < -0.3 is 10.8 Å². The molecule has 1 amide bonds. The van der Waals surface area contributed by atoms with Gasteiger partial charge in [-0.15, -0.1) is 0 Å². The number of primary amides is 1. The molecule has 4 nitrogen and oxygen atoms in total. The minimum atomic E-state index is -0.328. The molecule has 0 rings (SSSR count). The highest BCUT2D eigenvalue weighted by Crippen LogP contribution is 2.11. The van der Waals surface area contributed by atoms with Crippen LogP contribution >= 0.6 is 0 Å². The second kappa shape index (κ2) is 6.79. The van der Waals surface area contributed by atoms with Crippen molar-refractivity contribution < 1.29 is 9.90 Å². The topological polar surface area (TPSA) is 66.6 Å². The minimum Gasteiger partial charge on any atom is -0.395 e. The van der Waals surface area contributed by atoms with Gasteiger partial charge in [0, 0.05) is 12.6 Å². The van der Waals surface area contributed by atoms with Crippen molar-refractivity contribution in [2.24, 2.45) is 5.73 Å². The number of hydrogen-bond donors (Lipinski definition) is 2. The van der Waals surface area contributed by atoms with Crippen molar-refractivity contribution in [3.63, 3.8) is 0 Å². The molecule has 0 aromatic rings. The molecule has 3 N–H and O–H groups in total. The Morgan fingerprint density at radius 3 is 2.21 bits per heavy atom. The molecule has 14 heavy (non-hydrogen) atoms. The monoisotopic (exact) mass is 202 g/mol. The zero-order valence-electron chi connectivity index (χ0n) is 9.36. The van der Waals surface area contributed by atoms with Crippen LogP contribution in [0.15, 0.2) is 0 Å². The number of aliphatic hydroxyl groups excluding tert-OH is 1. The van der Waals surface area contributed by atoms with Gasteiger partial charge in [0.05, 0.1) is 12.6 Å². The quantitative estimate of drug-likeness (QED) is 0.625. The first-order valence-corrected chi connectivity index (χ1v) is 5.24. The van der Waals surface area contributed by atoms with Gasteiger partial charge in [-0.2, -0.15) is 0 Å². The Balaban J connectivity index is 4.46. The summed E-state index contributed by atoms with van der Waals surface area (Å²) >= 11 is 0. The van der Waals surface area contributed by atoms with E-state index in [1.165, 1.54) is 0 Å². The smallest absolute Gasteiger partial charge is 0.234 e. The molecule has 0 saturated heterocycles. The van der Waals surface area contributed by atoms with Crippen molar-refractivity contribution >= 4 is 5.91 Å². The zero-order valence-corrected chi connectivity index (χ0v) is 9.36. The molecule has 0 saturated carbocycles. The number of rotatable bonds is 7. The van der Waals surface area contributed by atoms with Crippen molar-refractivity contribution in [3.8, 4) is 0 Å². The van der Waals surface area contributed by atoms with Gasteiger partial charge in [0.2, 0.25) is 5.91 Å². The fourth-order valence-electron chi connectivity index (χ4n) is 1.73. The molecule has 0 aromatic heterocycles. The molecule has 84 valence electrons. The van der Waals surface area contributed by atoms with E-state index in [9.17, 15) is 4.79 Å². The van der Waals surface area contributed by atoms with Crippen LogP contribution in [0.2, 0.25) is 0 Å². The highest BCUT2D eigenvalue weighted by atomic mass is 16.3. The lowest BCUT2D eigenvalue weighted by Crippen LogP contribution is -2.49. The van der Waals surface area contributed by atoms with Gasteiger partial charge in [0.1, 0.15) is 0 Å². The predicted molar refractivity (Wildman–Crippen MR) is 56.8 cm³/mol. The third kappa shape index (κ3) is 3.64. The summed E-state index contributed by atoms with van der Waals surface area (Å²) in [6, 6.07) is 0.0247. The Labute approximate surface area is 86.1 Å². The molecule has 0 aliphatic rings. The van der Waals surface area contributed by atoms with E-state index in [0.717, 1.165) is 12.8 Å². The van der Waals surface area contributed by atoms with E-state index in [1.807, 2.05) is 4.90 Å². The number of carbonyl (C=O) groups excluding carboxylic acids is 1. The lowest BCUT2D eigenvalue weighted by atomic mass is 10.1. The Kier molecular flexibility index (Phi) is 6.49. The maximum Gasteiger partial charge on any atom is 0.234 e. The van der Waals surface area contributed by atoms with Crippen LogP contribution in [0.3, 0.4) is 0 Å². The SMILES string of the molecule is CCC(CC)N(CCO)C(C)C(N)=O. The molecular formula is C10H22N2O2. The van der Waals surface area contributed by atoms with Crippen LogP contribution in [0.25, 0.3) is 0 Å². The van der Waals surface area contributed by atoms with Crippen LogP contribution < -0.4 is 5.73 Å². The lowest BCUT2D eigenvalue weighted by molar-refractivity contribution is -0.123. The van der Waals surface area contributed by atoms with Crippen molar-refractivity contribution in [3.05, 3.63) is 0 Å². The Morgan fingerprint density at radius 1 is 1.43 bits per heavy atom. The minimum absolute atomic E-state index is 0.0636. The molecule has 0 radical (unpaired) electrons. The summed E-state index contributed by atoms with van der Waals surface area (Å²) in [5.41, 5.74) is 5.25. The fourth-order valence-corrected chi connectivity index (χ4v) is 1.73. The molecule has 0 spiro atoms. The van der Waals surface area contributed by atoms with Gasteiger partial charge in [-0.1, -0.05) is 13.8 Å². The summed E-state index contributed by atoms with van der Waals surface area (Å²) in [6.07, 6.45) is 1.93. The maximum atomic E-state index is 11.1. The highest BCUT2D eigenvalue weighted by Gasteiger charge is 2.23. The van der Waals surface area contributed by atoms with Gasteiger partial charge in [0.15, 0.2) is 0 Å². The largest absolute Gasteiger partial charge is 0.395 e. The van der Waals surface area contributed by atoms with Crippen molar-refractivity contribution in [1.82, 2.24) is 4.90 Å². The molecule has 0 aliphatic heterocycles. The van der Waals surface area contributed by atoms with Crippen LogP contribution in [-0.2, 0) is 4.79 Å². The molecule has 1 unspecified atom stereocenters. The summed E-state index contributed by atoms with van der Waals surface area (Å²) in [4.78, 5) is 13.0. The van der Waals surface area contributed by atoms with E-state index in [2.05, 4.69) is 13.8 Å². The predicted octanol–water partition coefficient (Wildman–Crippen LogP) is 0.343. The molecule has 0 aliphatic carbocycles. The number of nitrogens with two attached hydrogens (primary N) is 1. The first-order chi connectivity index (χ1) is 6.58. The summed E-state index contributed by atoms with van der Waals surface area (Å²) in [7, 11) is 0. The first-order valence-electron chi connectivity index (χ1n) is 5.24. The summed E-state index contributed by atoms with van der Waals surface area (Å²) in [6.45, 7) is 6.51. The fraction of sp³-hybridized carbons (Fsp3) is 0.900. The summed E-state index contributed by atoms with van der Waals surface area (Å²) in [5.74, 6) is -0.328. The maximum absolute atomic E-state index is 11.1. The zero-order chi connectivity index (χ0) is 11.1. The average molecular weight is 202 g/mol. The van der Waals surface area contributed by atoms with Crippen LogP contribution in [0.1, 0.15) is 33.6 Å². The molecule has 1 atom stereocenters. The van der Waals surface area contributed by atoms with E-state index >= 15 is 0 Å². The first kappa shape index (κ1) is 13.4.